The van der Waals surface area contributed by atoms with Crippen molar-refractivity contribution in [3.63, 3.8) is 0 Å². The molecule has 3 heteroatoms. The fourth-order valence-corrected chi connectivity index (χ4v) is 3.86. The molecular weight excluding hydrogens is 296 g/mol. The summed E-state index contributed by atoms with van der Waals surface area (Å²) in [4.78, 5) is 16.6. The minimum absolute atomic E-state index is 0.328. The Hall–Kier alpha value is -0.570. The molecule has 0 aromatic carbocycles. The van der Waals surface area contributed by atoms with E-state index in [1.807, 2.05) is 6.92 Å². The Labute approximate surface area is 151 Å². The summed E-state index contributed by atoms with van der Waals surface area (Å²) in [6.07, 6.45) is 15.7. The summed E-state index contributed by atoms with van der Waals surface area (Å²) < 4.78 is 0. The second-order valence-corrected chi connectivity index (χ2v) is 7.48. The van der Waals surface area contributed by atoms with Gasteiger partial charge in [-0.2, -0.15) is 0 Å². The minimum Gasteiger partial charge on any atom is -0.340 e. The maximum Gasteiger partial charge on any atom is 0.222 e. The van der Waals surface area contributed by atoms with Crippen LogP contribution in [0.25, 0.3) is 0 Å². The molecule has 0 radical (unpaired) electrons. The maximum atomic E-state index is 11.9. The summed E-state index contributed by atoms with van der Waals surface area (Å²) in [5.41, 5.74) is 0. The molecule has 3 nitrogen and oxygen atoms in total. The first-order valence-electron chi connectivity index (χ1n) is 10.7. The van der Waals surface area contributed by atoms with E-state index in [2.05, 4.69) is 23.6 Å². The van der Waals surface area contributed by atoms with Crippen LogP contribution in [0.1, 0.15) is 97.8 Å². The summed E-state index contributed by atoms with van der Waals surface area (Å²) >= 11 is 0. The number of piperazine rings is 1. The predicted molar refractivity (Wildman–Crippen MR) is 104 cm³/mol. The van der Waals surface area contributed by atoms with Crippen LogP contribution in [0.15, 0.2) is 0 Å². The molecule has 1 saturated heterocycles. The van der Waals surface area contributed by atoms with Gasteiger partial charge in [-0.3, -0.25) is 9.69 Å². The lowest BCUT2D eigenvalue weighted by Gasteiger charge is -2.39. The first-order valence-corrected chi connectivity index (χ1v) is 10.7. The van der Waals surface area contributed by atoms with Gasteiger partial charge in [-0.1, -0.05) is 78.6 Å². The number of carbonyl (C=O) groups is 1. The zero-order chi connectivity index (χ0) is 17.6. The molecule has 1 unspecified atom stereocenters. The number of amides is 1. The lowest BCUT2D eigenvalue weighted by atomic mass is 9.98. The summed E-state index contributed by atoms with van der Waals surface area (Å²) in [7, 11) is 0. The monoisotopic (exact) mass is 338 g/mol. The average Bonchev–Trinajstić information content (AvgIpc) is 2.62. The fraction of sp³-hybridized carbons (Fsp3) is 0.952. The molecule has 24 heavy (non-hydrogen) atoms. The van der Waals surface area contributed by atoms with Gasteiger partial charge in [-0.05, 0) is 12.8 Å². The summed E-state index contributed by atoms with van der Waals surface area (Å²) in [5.74, 6) is 0.328. The molecule has 1 amide bonds. The summed E-state index contributed by atoms with van der Waals surface area (Å²) in [5, 5.41) is 0. The molecule has 0 aliphatic carbocycles. The van der Waals surface area contributed by atoms with Crippen LogP contribution in [0.2, 0.25) is 0 Å². The molecule has 1 aliphatic rings. The number of carbonyl (C=O) groups excluding carboxylic acids is 1. The minimum atomic E-state index is 0.328. The van der Waals surface area contributed by atoms with Crippen molar-refractivity contribution in [3.05, 3.63) is 0 Å². The van der Waals surface area contributed by atoms with Crippen molar-refractivity contribution in [2.75, 3.05) is 26.2 Å². The summed E-state index contributed by atoms with van der Waals surface area (Å²) in [6, 6.07) is 0.752. The average molecular weight is 339 g/mol. The maximum absolute atomic E-state index is 11.9. The van der Waals surface area contributed by atoms with E-state index in [9.17, 15) is 4.79 Å². The number of nitrogens with zero attached hydrogens (tertiary/aromatic N) is 2. The smallest absolute Gasteiger partial charge is 0.222 e. The summed E-state index contributed by atoms with van der Waals surface area (Å²) in [6.45, 7) is 10.6. The molecule has 1 aliphatic heterocycles. The van der Waals surface area contributed by atoms with Crippen molar-refractivity contribution < 1.29 is 4.79 Å². The van der Waals surface area contributed by atoms with Crippen LogP contribution in [0.5, 0.6) is 0 Å². The van der Waals surface area contributed by atoms with Gasteiger partial charge in [0.25, 0.3) is 0 Å². The van der Waals surface area contributed by atoms with Gasteiger partial charge in [0.2, 0.25) is 5.91 Å². The third-order valence-corrected chi connectivity index (χ3v) is 5.52. The molecule has 142 valence electrons. The Kier molecular flexibility index (Phi) is 12.2. The van der Waals surface area contributed by atoms with Crippen LogP contribution >= 0.6 is 0 Å². The van der Waals surface area contributed by atoms with E-state index in [1.54, 1.807) is 0 Å². The highest BCUT2D eigenvalue weighted by atomic mass is 16.2. The van der Waals surface area contributed by atoms with E-state index in [0.717, 1.165) is 32.2 Å². The molecule has 1 atom stereocenters. The topological polar surface area (TPSA) is 23.6 Å². The van der Waals surface area contributed by atoms with Gasteiger partial charge in [-0.25, -0.2) is 0 Å². The second kappa shape index (κ2) is 13.7. The van der Waals surface area contributed by atoms with Crippen LogP contribution in [0.3, 0.4) is 0 Å². The quantitative estimate of drug-likeness (QED) is 0.429. The molecule has 0 N–H and O–H groups in total. The Balaban J connectivity index is 2.37. The number of hydrogen-bond acceptors (Lipinski definition) is 2. The van der Waals surface area contributed by atoms with E-state index in [0.29, 0.717) is 12.3 Å². The number of hydrogen-bond donors (Lipinski definition) is 0. The van der Waals surface area contributed by atoms with Gasteiger partial charge < -0.3 is 4.90 Å². The van der Waals surface area contributed by atoms with Gasteiger partial charge in [0.1, 0.15) is 0 Å². The van der Waals surface area contributed by atoms with E-state index < -0.39 is 0 Å². The lowest BCUT2D eigenvalue weighted by Crippen LogP contribution is -2.51. The van der Waals surface area contributed by atoms with Crippen molar-refractivity contribution in [2.45, 2.75) is 104 Å². The van der Waals surface area contributed by atoms with E-state index in [4.69, 9.17) is 0 Å². The van der Waals surface area contributed by atoms with Crippen molar-refractivity contribution in [1.29, 1.82) is 0 Å². The fourth-order valence-electron chi connectivity index (χ4n) is 3.86. The highest BCUT2D eigenvalue weighted by Crippen LogP contribution is 2.20. The van der Waals surface area contributed by atoms with Crippen LogP contribution < -0.4 is 0 Å². The van der Waals surface area contributed by atoms with Crippen molar-refractivity contribution in [3.8, 4) is 0 Å². The third-order valence-electron chi connectivity index (χ3n) is 5.52. The first kappa shape index (κ1) is 21.5. The molecule has 0 aromatic heterocycles. The Bertz CT molecular complexity index is 311. The van der Waals surface area contributed by atoms with Gasteiger partial charge in [0.15, 0.2) is 0 Å². The van der Waals surface area contributed by atoms with Crippen LogP contribution in [-0.4, -0.2) is 47.9 Å². The van der Waals surface area contributed by atoms with Crippen molar-refractivity contribution in [1.82, 2.24) is 9.80 Å². The van der Waals surface area contributed by atoms with Crippen LogP contribution in [0, 0.1) is 0 Å². The van der Waals surface area contributed by atoms with Gasteiger partial charge in [-0.15, -0.1) is 0 Å². The highest BCUT2D eigenvalue weighted by Gasteiger charge is 2.24. The predicted octanol–water partition coefficient (Wildman–Crippen LogP) is 5.24. The van der Waals surface area contributed by atoms with Gasteiger partial charge >= 0.3 is 0 Å². The van der Waals surface area contributed by atoms with Crippen LogP contribution in [-0.2, 0) is 4.79 Å². The number of rotatable bonds is 13. The third kappa shape index (κ3) is 8.50. The van der Waals surface area contributed by atoms with Crippen molar-refractivity contribution >= 4 is 5.91 Å². The second-order valence-electron chi connectivity index (χ2n) is 7.48. The first-order chi connectivity index (χ1) is 11.7. The molecule has 1 heterocycles. The molecule has 1 fully saturated rings. The van der Waals surface area contributed by atoms with E-state index >= 15 is 0 Å². The normalized spacial score (nSPS) is 17.2. The number of unbranched alkanes of at least 4 members (excludes halogenated alkanes) is 7. The van der Waals surface area contributed by atoms with Gasteiger partial charge in [0.05, 0.1) is 0 Å². The zero-order valence-electron chi connectivity index (χ0n) is 16.7. The zero-order valence-corrected chi connectivity index (χ0v) is 16.7. The Morgan fingerprint density at radius 2 is 1.25 bits per heavy atom. The van der Waals surface area contributed by atoms with E-state index in [-0.39, 0.29) is 0 Å². The van der Waals surface area contributed by atoms with Crippen LogP contribution in [0.4, 0.5) is 0 Å². The Morgan fingerprint density at radius 1 is 0.750 bits per heavy atom. The van der Waals surface area contributed by atoms with Gasteiger partial charge in [0, 0.05) is 38.6 Å². The largest absolute Gasteiger partial charge is 0.340 e. The molecule has 0 bridgehead atoms. The standard InChI is InChI=1S/C21H42N2O/c1-4-7-9-11-13-15-20(14-12-10-8-5-2)22-16-18-23(19-17-22)21(24)6-3/h20H,4-19H2,1-3H3. The molecule has 1 rings (SSSR count). The molecule has 0 spiro atoms. The van der Waals surface area contributed by atoms with E-state index in [1.165, 1.54) is 70.6 Å². The Morgan fingerprint density at radius 3 is 1.75 bits per heavy atom. The highest BCUT2D eigenvalue weighted by molar-refractivity contribution is 5.75. The molecular formula is C21H42N2O. The van der Waals surface area contributed by atoms with Crippen molar-refractivity contribution in [2.24, 2.45) is 0 Å². The molecule has 0 saturated carbocycles. The SMILES string of the molecule is CCCCCCCC(CCCCCC)N1CCN(C(=O)CC)CC1. The lowest BCUT2D eigenvalue weighted by molar-refractivity contribution is -0.133. The molecule has 0 aromatic rings.